The molecule has 3 aromatic heterocycles. The summed E-state index contributed by atoms with van der Waals surface area (Å²) in [5, 5.41) is 12.0. The van der Waals surface area contributed by atoms with Crippen LogP contribution in [0.4, 0.5) is 0 Å². The maximum atomic E-state index is 5.58. The molecule has 7 heteroatoms. The second kappa shape index (κ2) is 4.77. The highest BCUT2D eigenvalue weighted by molar-refractivity contribution is 5.59. The third-order valence-electron chi connectivity index (χ3n) is 2.85. The molecule has 0 fully saturated rings. The van der Waals surface area contributed by atoms with E-state index in [2.05, 4.69) is 27.3 Å². The van der Waals surface area contributed by atoms with Crippen LogP contribution >= 0.6 is 0 Å². The van der Waals surface area contributed by atoms with Crippen molar-refractivity contribution in [1.82, 2.24) is 24.7 Å². The predicted molar refractivity (Wildman–Crippen MR) is 68.2 cm³/mol. The van der Waals surface area contributed by atoms with Gasteiger partial charge in [0.15, 0.2) is 17.3 Å². The van der Waals surface area contributed by atoms with E-state index in [1.54, 1.807) is 0 Å². The molecule has 19 heavy (non-hydrogen) atoms. The van der Waals surface area contributed by atoms with E-state index in [4.69, 9.17) is 10.3 Å². The van der Waals surface area contributed by atoms with Crippen molar-refractivity contribution in [3.05, 3.63) is 30.0 Å². The first-order valence-corrected chi connectivity index (χ1v) is 6.18. The first kappa shape index (κ1) is 11.8. The van der Waals surface area contributed by atoms with E-state index in [9.17, 15) is 0 Å². The molecular formula is C12H14N6O. The minimum atomic E-state index is 0.349. The first-order valence-electron chi connectivity index (χ1n) is 6.18. The molecule has 0 aliphatic heterocycles. The fraction of sp³-hybridized carbons (Fsp3) is 0.333. The van der Waals surface area contributed by atoms with E-state index in [0.717, 1.165) is 30.1 Å². The van der Waals surface area contributed by atoms with Crippen LogP contribution in [-0.2, 0) is 13.0 Å². The minimum Gasteiger partial charge on any atom is -0.334 e. The van der Waals surface area contributed by atoms with Gasteiger partial charge in [-0.05, 0) is 18.6 Å². The normalized spacial score (nSPS) is 11.3. The van der Waals surface area contributed by atoms with Crippen molar-refractivity contribution in [2.24, 2.45) is 5.73 Å². The lowest BCUT2D eigenvalue weighted by molar-refractivity contribution is 0.422. The Hall–Kier alpha value is -2.28. The second-order valence-corrected chi connectivity index (χ2v) is 4.23. The fourth-order valence-corrected chi connectivity index (χ4v) is 1.91. The number of hydrogen-bond donors (Lipinski definition) is 1. The molecule has 3 aromatic rings. The number of pyridine rings is 1. The molecule has 0 bridgehead atoms. The zero-order valence-electron chi connectivity index (χ0n) is 10.6. The average Bonchev–Trinajstić information content (AvgIpc) is 3.04. The maximum Gasteiger partial charge on any atom is 0.258 e. The van der Waals surface area contributed by atoms with Crippen LogP contribution in [-0.4, -0.2) is 24.7 Å². The van der Waals surface area contributed by atoms with Crippen LogP contribution in [0.5, 0.6) is 0 Å². The second-order valence-electron chi connectivity index (χ2n) is 4.23. The summed E-state index contributed by atoms with van der Waals surface area (Å²) in [5.74, 6) is 1.95. The van der Waals surface area contributed by atoms with E-state index >= 15 is 0 Å². The van der Waals surface area contributed by atoms with Crippen LogP contribution in [0.3, 0.4) is 0 Å². The van der Waals surface area contributed by atoms with Crippen LogP contribution in [0.2, 0.25) is 0 Å². The van der Waals surface area contributed by atoms with Crippen LogP contribution in [0, 0.1) is 0 Å². The summed E-state index contributed by atoms with van der Waals surface area (Å²) in [6.07, 6.45) is 3.66. The van der Waals surface area contributed by atoms with Crippen molar-refractivity contribution >= 4 is 5.65 Å². The molecule has 0 aliphatic carbocycles. The molecule has 0 saturated heterocycles. The summed E-state index contributed by atoms with van der Waals surface area (Å²) in [6, 6.07) is 3.74. The summed E-state index contributed by atoms with van der Waals surface area (Å²) in [7, 11) is 0. The third kappa shape index (κ3) is 2.08. The topological polar surface area (TPSA) is 95.1 Å². The quantitative estimate of drug-likeness (QED) is 0.755. The van der Waals surface area contributed by atoms with E-state index < -0.39 is 0 Å². The van der Waals surface area contributed by atoms with Gasteiger partial charge >= 0.3 is 0 Å². The van der Waals surface area contributed by atoms with E-state index in [0.29, 0.717) is 18.1 Å². The van der Waals surface area contributed by atoms with Crippen LogP contribution in [0.1, 0.15) is 25.0 Å². The lowest BCUT2D eigenvalue weighted by Gasteiger charge is -1.97. The molecule has 3 heterocycles. The van der Waals surface area contributed by atoms with Gasteiger partial charge in [-0.15, -0.1) is 10.2 Å². The van der Waals surface area contributed by atoms with E-state index in [1.165, 1.54) is 0 Å². The predicted octanol–water partition coefficient (Wildman–Crippen LogP) is 1.19. The molecule has 0 radical (unpaired) electrons. The van der Waals surface area contributed by atoms with Gasteiger partial charge in [0.05, 0.1) is 6.54 Å². The van der Waals surface area contributed by atoms with Crippen molar-refractivity contribution in [2.75, 3.05) is 0 Å². The Labute approximate surface area is 109 Å². The molecule has 2 N–H and O–H groups in total. The molecule has 0 spiro atoms. The third-order valence-corrected chi connectivity index (χ3v) is 2.85. The molecule has 0 aliphatic rings. The van der Waals surface area contributed by atoms with Crippen LogP contribution in [0.15, 0.2) is 22.9 Å². The summed E-state index contributed by atoms with van der Waals surface area (Å²) in [6.45, 7) is 2.42. The van der Waals surface area contributed by atoms with Crippen molar-refractivity contribution in [1.29, 1.82) is 0 Å². The summed E-state index contributed by atoms with van der Waals surface area (Å²) < 4.78 is 7.08. The zero-order chi connectivity index (χ0) is 13.2. The maximum absolute atomic E-state index is 5.58. The molecule has 7 nitrogen and oxygen atoms in total. The van der Waals surface area contributed by atoms with Crippen molar-refractivity contribution < 1.29 is 4.52 Å². The summed E-state index contributed by atoms with van der Waals surface area (Å²) in [5.41, 5.74) is 7.13. The van der Waals surface area contributed by atoms with Gasteiger partial charge in [-0.3, -0.25) is 4.40 Å². The number of rotatable bonds is 4. The van der Waals surface area contributed by atoms with E-state index in [1.807, 2.05) is 22.7 Å². The van der Waals surface area contributed by atoms with Gasteiger partial charge in [0.1, 0.15) is 0 Å². The lowest BCUT2D eigenvalue weighted by Crippen LogP contribution is -2.02. The van der Waals surface area contributed by atoms with Crippen LogP contribution < -0.4 is 5.73 Å². The number of aryl methyl sites for hydroxylation is 1. The molecule has 3 rings (SSSR count). The van der Waals surface area contributed by atoms with Gasteiger partial charge in [0.2, 0.25) is 0 Å². The number of nitrogens with zero attached hydrogens (tertiary/aromatic N) is 5. The highest BCUT2D eigenvalue weighted by atomic mass is 16.5. The Morgan fingerprint density at radius 3 is 3.05 bits per heavy atom. The van der Waals surface area contributed by atoms with Crippen molar-refractivity contribution in [3.63, 3.8) is 0 Å². The molecule has 0 amide bonds. The van der Waals surface area contributed by atoms with E-state index in [-0.39, 0.29) is 0 Å². The summed E-state index contributed by atoms with van der Waals surface area (Å²) >= 11 is 0. The molecule has 0 atom stereocenters. The van der Waals surface area contributed by atoms with Gasteiger partial charge in [0, 0.05) is 18.2 Å². The standard InChI is InChI=1S/C12H14N6O/c1-2-3-9-14-12(19-17-9)8-4-5-18-10(6-8)15-16-11(18)7-13/h4-6H,2-3,7,13H2,1H3. The van der Waals surface area contributed by atoms with Gasteiger partial charge in [0.25, 0.3) is 5.89 Å². The number of hydrogen-bond acceptors (Lipinski definition) is 6. The largest absolute Gasteiger partial charge is 0.334 e. The Morgan fingerprint density at radius 2 is 2.26 bits per heavy atom. The number of fused-ring (bicyclic) bond motifs is 1. The Morgan fingerprint density at radius 1 is 1.37 bits per heavy atom. The Balaban J connectivity index is 2.00. The average molecular weight is 258 g/mol. The fourth-order valence-electron chi connectivity index (χ4n) is 1.91. The molecule has 98 valence electrons. The van der Waals surface area contributed by atoms with Crippen molar-refractivity contribution in [3.8, 4) is 11.5 Å². The van der Waals surface area contributed by atoms with Crippen molar-refractivity contribution in [2.45, 2.75) is 26.3 Å². The van der Waals surface area contributed by atoms with Gasteiger partial charge in [-0.2, -0.15) is 4.98 Å². The van der Waals surface area contributed by atoms with Gasteiger partial charge in [-0.25, -0.2) is 0 Å². The minimum absolute atomic E-state index is 0.349. The Bertz CT molecular complexity index is 701. The van der Waals surface area contributed by atoms with Gasteiger partial charge < -0.3 is 10.3 Å². The van der Waals surface area contributed by atoms with Gasteiger partial charge in [-0.1, -0.05) is 12.1 Å². The highest BCUT2D eigenvalue weighted by Gasteiger charge is 2.11. The number of nitrogens with two attached hydrogens (primary N) is 1. The molecular weight excluding hydrogens is 244 g/mol. The lowest BCUT2D eigenvalue weighted by atomic mass is 10.2. The molecule has 0 unspecified atom stereocenters. The first-order chi connectivity index (χ1) is 9.31. The molecule has 0 saturated carbocycles. The smallest absolute Gasteiger partial charge is 0.258 e. The van der Waals surface area contributed by atoms with Crippen LogP contribution in [0.25, 0.3) is 17.1 Å². The number of aromatic nitrogens is 5. The molecule has 0 aromatic carbocycles. The zero-order valence-corrected chi connectivity index (χ0v) is 10.6. The monoisotopic (exact) mass is 258 g/mol. The Kier molecular flexibility index (Phi) is 2.96. The SMILES string of the molecule is CCCc1noc(-c2ccn3c(CN)nnc3c2)n1. The summed E-state index contributed by atoms with van der Waals surface area (Å²) in [4.78, 5) is 4.34. The highest BCUT2D eigenvalue weighted by Crippen LogP contribution is 2.19.